The molecule has 0 radical (unpaired) electrons. The van der Waals surface area contributed by atoms with Gasteiger partial charge >= 0.3 is 9.05 Å². The van der Waals surface area contributed by atoms with E-state index in [9.17, 15) is 0 Å². The van der Waals surface area contributed by atoms with E-state index in [1.54, 1.807) is 0 Å². The van der Waals surface area contributed by atoms with Gasteiger partial charge in [0.1, 0.15) is 23.0 Å². The lowest BCUT2D eigenvalue weighted by Gasteiger charge is -2.31. The number of ether oxygens (including phenoxy) is 4. The minimum absolute atomic E-state index is 0.367. The third kappa shape index (κ3) is 14.5. The summed E-state index contributed by atoms with van der Waals surface area (Å²) in [6, 6.07) is 31.3. The Morgan fingerprint density at radius 2 is 0.566 bits per heavy atom. The molecular formula is C44H60O8Si. The molecule has 0 aromatic heterocycles. The topological polar surface area (TPSA) is 73.8 Å². The highest BCUT2D eigenvalue weighted by molar-refractivity contribution is 6.57. The monoisotopic (exact) mass is 744 g/mol. The lowest BCUT2D eigenvalue weighted by atomic mass is 10.2. The van der Waals surface area contributed by atoms with Crippen LogP contribution in [-0.2, 0) is 45.4 Å². The van der Waals surface area contributed by atoms with Gasteiger partial charge in [0.15, 0.2) is 0 Å². The van der Waals surface area contributed by atoms with Gasteiger partial charge in [0, 0.05) is 48.7 Å². The molecule has 53 heavy (non-hydrogen) atoms. The van der Waals surface area contributed by atoms with E-state index in [1.165, 1.54) is 0 Å². The van der Waals surface area contributed by atoms with Crippen LogP contribution >= 0.6 is 0 Å². The van der Waals surface area contributed by atoms with E-state index in [4.69, 9.17) is 36.7 Å². The first kappa shape index (κ1) is 41.9. The summed E-state index contributed by atoms with van der Waals surface area (Å²) in [5, 5.41) is 0. The largest absolute Gasteiger partial charge is 0.966 e. The van der Waals surface area contributed by atoms with Crippen molar-refractivity contribution in [2.45, 2.75) is 105 Å². The molecule has 4 aromatic carbocycles. The van der Waals surface area contributed by atoms with Gasteiger partial charge < -0.3 is 36.7 Å². The molecule has 4 rings (SSSR count). The van der Waals surface area contributed by atoms with Crippen LogP contribution in [0.2, 0.25) is 0 Å². The lowest BCUT2D eigenvalue weighted by Crippen LogP contribution is -2.61. The number of para-hydroxylation sites is 4. The van der Waals surface area contributed by atoms with E-state index >= 15 is 0 Å². The van der Waals surface area contributed by atoms with E-state index in [1.807, 2.05) is 97.1 Å². The summed E-state index contributed by atoms with van der Waals surface area (Å²) in [5.41, 5.74) is 3.44. The SMILES string of the molecule is CCCCOCc1ccccc1O[Si](Oc1ccccc1COCCCC)(Oc1ccccc1COCCCC)Oc1ccccc1COCCCC. The highest BCUT2D eigenvalue weighted by Gasteiger charge is 2.59. The van der Waals surface area contributed by atoms with Gasteiger partial charge in [0.05, 0.1) is 26.4 Å². The van der Waals surface area contributed by atoms with Crippen molar-refractivity contribution >= 4 is 9.05 Å². The van der Waals surface area contributed by atoms with Gasteiger partial charge in [-0.2, -0.15) is 0 Å². The van der Waals surface area contributed by atoms with Gasteiger partial charge in [-0.15, -0.1) is 0 Å². The van der Waals surface area contributed by atoms with Gasteiger partial charge in [-0.3, -0.25) is 0 Å². The standard InChI is InChI=1S/C44H60O8Si/c1-5-9-29-45-33-37-21-13-17-25-41(37)49-53(50-42-26-18-14-22-38(42)34-46-30-10-6-2,51-43-27-19-15-23-39(43)35-47-31-11-7-3)52-44-28-20-16-24-40(44)36-48-32-12-8-4/h13-28H,5-12,29-36H2,1-4H3. The molecule has 0 aliphatic rings. The van der Waals surface area contributed by atoms with Crippen molar-refractivity contribution in [2.24, 2.45) is 0 Å². The fourth-order valence-electron chi connectivity index (χ4n) is 5.27. The second-order valence-corrected chi connectivity index (χ2v) is 14.8. The summed E-state index contributed by atoms with van der Waals surface area (Å²) in [7, 11) is -4.32. The summed E-state index contributed by atoms with van der Waals surface area (Å²) >= 11 is 0. The molecule has 0 amide bonds. The highest BCUT2D eigenvalue weighted by atomic mass is 28.4. The normalized spacial score (nSPS) is 11.4. The first-order chi connectivity index (χ1) is 26.1. The molecule has 0 atom stereocenters. The minimum atomic E-state index is -4.32. The molecule has 9 heteroatoms. The zero-order chi connectivity index (χ0) is 37.4. The first-order valence-electron chi connectivity index (χ1n) is 19.5. The van der Waals surface area contributed by atoms with Crippen LogP contribution in [0.5, 0.6) is 23.0 Å². The minimum Gasteiger partial charge on any atom is -0.452 e. The maximum atomic E-state index is 7.07. The Kier molecular flexibility index (Phi) is 19.3. The van der Waals surface area contributed by atoms with Crippen molar-refractivity contribution in [3.8, 4) is 23.0 Å². The molecule has 0 bridgehead atoms. The van der Waals surface area contributed by atoms with Crippen molar-refractivity contribution in [1.82, 2.24) is 0 Å². The fourth-order valence-corrected chi connectivity index (χ4v) is 7.39. The molecule has 288 valence electrons. The molecule has 0 saturated heterocycles. The second-order valence-electron chi connectivity index (χ2n) is 13.0. The fraction of sp³-hybridized carbons (Fsp3) is 0.455. The van der Waals surface area contributed by atoms with Crippen molar-refractivity contribution in [3.05, 3.63) is 119 Å². The van der Waals surface area contributed by atoms with Crippen LogP contribution in [0.25, 0.3) is 0 Å². The molecule has 8 nitrogen and oxygen atoms in total. The summed E-state index contributed by atoms with van der Waals surface area (Å²) in [6.45, 7) is 12.7. The van der Waals surface area contributed by atoms with Gasteiger partial charge in [-0.05, 0) is 49.9 Å². The van der Waals surface area contributed by atoms with Crippen molar-refractivity contribution in [2.75, 3.05) is 26.4 Å². The van der Waals surface area contributed by atoms with Crippen LogP contribution in [-0.4, -0.2) is 35.5 Å². The number of unbranched alkanes of at least 4 members (excludes halogenated alkanes) is 4. The van der Waals surface area contributed by atoms with Crippen LogP contribution in [0, 0.1) is 0 Å². The molecule has 0 unspecified atom stereocenters. The maximum Gasteiger partial charge on any atom is 0.966 e. The zero-order valence-corrected chi connectivity index (χ0v) is 33.3. The Hall–Kier alpha value is -3.86. The average Bonchev–Trinajstić information content (AvgIpc) is 3.18. The molecule has 0 heterocycles. The molecule has 0 aliphatic carbocycles. The van der Waals surface area contributed by atoms with Crippen molar-refractivity contribution < 1.29 is 36.7 Å². The first-order valence-corrected chi connectivity index (χ1v) is 21.1. The van der Waals surface area contributed by atoms with Crippen LogP contribution in [0.15, 0.2) is 97.1 Å². The summed E-state index contributed by atoms with van der Waals surface area (Å²) in [4.78, 5) is 0. The van der Waals surface area contributed by atoms with Crippen molar-refractivity contribution in [1.29, 1.82) is 0 Å². The molecule has 0 fully saturated rings. The van der Waals surface area contributed by atoms with E-state index in [0.29, 0.717) is 75.9 Å². The van der Waals surface area contributed by atoms with E-state index in [2.05, 4.69) is 27.7 Å². The average molecular weight is 745 g/mol. The Balaban J connectivity index is 1.83. The molecule has 0 saturated carbocycles. The molecular weight excluding hydrogens is 685 g/mol. The van der Waals surface area contributed by atoms with Crippen molar-refractivity contribution in [3.63, 3.8) is 0 Å². The van der Waals surface area contributed by atoms with Crippen LogP contribution in [0.1, 0.15) is 101 Å². The summed E-state index contributed by atoms with van der Waals surface area (Å²) in [5.74, 6) is 2.22. The molecule has 0 N–H and O–H groups in total. The number of hydrogen-bond acceptors (Lipinski definition) is 8. The van der Waals surface area contributed by atoms with E-state index in [-0.39, 0.29) is 0 Å². The molecule has 4 aromatic rings. The van der Waals surface area contributed by atoms with E-state index in [0.717, 1.165) is 73.6 Å². The predicted molar refractivity (Wildman–Crippen MR) is 212 cm³/mol. The van der Waals surface area contributed by atoms with Crippen LogP contribution in [0.3, 0.4) is 0 Å². The van der Waals surface area contributed by atoms with Gasteiger partial charge in [0.2, 0.25) is 0 Å². The van der Waals surface area contributed by atoms with Gasteiger partial charge in [-0.1, -0.05) is 126 Å². The maximum absolute atomic E-state index is 7.07. The third-order valence-corrected chi connectivity index (χ3v) is 10.3. The quantitative estimate of drug-likeness (QED) is 0.0420. The Morgan fingerprint density at radius 3 is 0.792 bits per heavy atom. The Labute approximate surface area is 319 Å². The zero-order valence-electron chi connectivity index (χ0n) is 32.3. The molecule has 0 spiro atoms. The van der Waals surface area contributed by atoms with Crippen LogP contribution < -0.4 is 17.7 Å². The van der Waals surface area contributed by atoms with Crippen LogP contribution in [0.4, 0.5) is 0 Å². The third-order valence-electron chi connectivity index (χ3n) is 8.43. The van der Waals surface area contributed by atoms with Gasteiger partial charge in [-0.25, -0.2) is 0 Å². The smallest absolute Gasteiger partial charge is 0.452 e. The Morgan fingerprint density at radius 1 is 0.340 bits per heavy atom. The Bertz CT molecular complexity index is 1350. The van der Waals surface area contributed by atoms with E-state index < -0.39 is 9.05 Å². The number of rotatable bonds is 28. The number of benzene rings is 4. The molecule has 0 aliphatic heterocycles. The summed E-state index contributed by atoms with van der Waals surface area (Å²) < 4.78 is 52.6. The van der Waals surface area contributed by atoms with Gasteiger partial charge in [0.25, 0.3) is 0 Å². The second kappa shape index (κ2) is 24.5. The number of hydrogen-bond donors (Lipinski definition) is 0. The lowest BCUT2D eigenvalue weighted by molar-refractivity contribution is 0.105. The summed E-state index contributed by atoms with van der Waals surface area (Å²) in [6.07, 6.45) is 8.10. The predicted octanol–water partition coefficient (Wildman–Crippen LogP) is 11.0. The highest BCUT2D eigenvalue weighted by Crippen LogP contribution is 2.33.